The highest BCUT2D eigenvalue weighted by atomic mass is 16.6. The lowest BCUT2D eigenvalue weighted by Crippen LogP contribution is -2.53. The fraction of sp³-hybridized carbons (Fsp3) is 0.533. The molecular formula is C15H17NO2. The zero-order chi connectivity index (χ0) is 12.4. The SMILES string of the molecule is O=C1c2ccccc2C[N+]1([O-])C1CCCC12CC2. The maximum Gasteiger partial charge on any atom is 0.346 e. The zero-order valence-electron chi connectivity index (χ0n) is 10.4. The van der Waals surface area contributed by atoms with Gasteiger partial charge in [-0.3, -0.25) is 4.65 Å². The number of nitrogens with zero attached hydrogens (tertiary/aromatic N) is 1. The van der Waals surface area contributed by atoms with Gasteiger partial charge in [-0.25, -0.2) is 4.79 Å². The molecule has 0 N–H and O–H groups in total. The van der Waals surface area contributed by atoms with Crippen LogP contribution in [0.4, 0.5) is 0 Å². The fourth-order valence-electron chi connectivity index (χ4n) is 4.16. The van der Waals surface area contributed by atoms with E-state index in [9.17, 15) is 10.0 Å². The van der Waals surface area contributed by atoms with E-state index >= 15 is 0 Å². The van der Waals surface area contributed by atoms with Crippen molar-refractivity contribution < 1.29 is 9.44 Å². The quantitative estimate of drug-likeness (QED) is 0.562. The number of hydrogen-bond acceptors (Lipinski definition) is 2. The van der Waals surface area contributed by atoms with Crippen LogP contribution in [0.25, 0.3) is 0 Å². The lowest BCUT2D eigenvalue weighted by Gasteiger charge is -2.44. The van der Waals surface area contributed by atoms with Gasteiger partial charge in [0.05, 0.1) is 5.56 Å². The van der Waals surface area contributed by atoms with Gasteiger partial charge < -0.3 is 5.21 Å². The third-order valence-electron chi connectivity index (χ3n) is 5.25. The molecular weight excluding hydrogens is 226 g/mol. The van der Waals surface area contributed by atoms with Gasteiger partial charge in [-0.2, -0.15) is 0 Å². The Labute approximate surface area is 107 Å². The van der Waals surface area contributed by atoms with Crippen LogP contribution in [-0.4, -0.2) is 16.6 Å². The molecule has 2 aliphatic carbocycles. The van der Waals surface area contributed by atoms with E-state index < -0.39 is 4.65 Å². The Kier molecular flexibility index (Phi) is 1.92. The summed E-state index contributed by atoms with van der Waals surface area (Å²) in [5.41, 5.74) is 1.83. The summed E-state index contributed by atoms with van der Waals surface area (Å²) in [6, 6.07) is 7.54. The summed E-state index contributed by atoms with van der Waals surface area (Å²) in [7, 11) is 0. The molecule has 1 heterocycles. The maximum absolute atomic E-state index is 13.1. The van der Waals surface area contributed by atoms with E-state index in [0.29, 0.717) is 12.1 Å². The second kappa shape index (κ2) is 3.22. The van der Waals surface area contributed by atoms with E-state index in [1.54, 1.807) is 0 Å². The Bertz CT molecular complexity index is 535. The second-order valence-electron chi connectivity index (χ2n) is 6.19. The number of rotatable bonds is 1. The molecule has 1 aromatic carbocycles. The van der Waals surface area contributed by atoms with Crippen LogP contribution in [0.15, 0.2) is 24.3 Å². The molecule has 0 radical (unpaired) electrons. The first-order valence-corrected chi connectivity index (χ1v) is 6.87. The van der Waals surface area contributed by atoms with Crippen LogP contribution in [0.5, 0.6) is 0 Å². The summed E-state index contributed by atoms with van der Waals surface area (Å²) < 4.78 is -0.598. The van der Waals surface area contributed by atoms with Crippen molar-refractivity contribution in [2.75, 3.05) is 0 Å². The number of hydrogen-bond donors (Lipinski definition) is 0. The summed E-state index contributed by atoms with van der Waals surface area (Å²) in [5, 5.41) is 13.1. The lowest BCUT2D eigenvalue weighted by atomic mass is 9.98. The molecule has 3 heteroatoms. The Hall–Kier alpha value is -1.19. The first kappa shape index (κ1) is 10.7. The standard InChI is InChI=1S/C15H17NO2/c17-14-12-5-2-1-4-11(12)10-16(14,18)13-6-3-7-15(13)8-9-15/h1-2,4-5,13H,3,6-10H2. The molecule has 18 heavy (non-hydrogen) atoms. The number of amides is 1. The molecule has 0 bridgehead atoms. The van der Waals surface area contributed by atoms with E-state index in [1.165, 1.54) is 0 Å². The first-order chi connectivity index (χ1) is 8.66. The van der Waals surface area contributed by atoms with Gasteiger partial charge in [0.25, 0.3) is 0 Å². The van der Waals surface area contributed by atoms with E-state index in [2.05, 4.69) is 0 Å². The molecule has 1 aliphatic heterocycles. The lowest BCUT2D eigenvalue weighted by molar-refractivity contribution is -0.839. The summed E-state index contributed by atoms with van der Waals surface area (Å²) in [5.74, 6) is -0.191. The molecule has 94 valence electrons. The maximum atomic E-state index is 13.1. The summed E-state index contributed by atoms with van der Waals surface area (Å²) in [6.07, 6.45) is 5.52. The molecule has 3 nitrogen and oxygen atoms in total. The molecule has 1 aromatic rings. The van der Waals surface area contributed by atoms with Crippen LogP contribution in [0.3, 0.4) is 0 Å². The molecule has 0 aromatic heterocycles. The normalized spacial score (nSPS) is 36.1. The van der Waals surface area contributed by atoms with Gasteiger partial charge in [0.1, 0.15) is 12.6 Å². The molecule has 2 unspecified atom stereocenters. The van der Waals surface area contributed by atoms with Crippen molar-refractivity contribution in [3.8, 4) is 0 Å². The van der Waals surface area contributed by atoms with Crippen molar-refractivity contribution in [1.82, 2.24) is 0 Å². The van der Waals surface area contributed by atoms with Crippen LogP contribution < -0.4 is 0 Å². The largest absolute Gasteiger partial charge is 0.625 e. The van der Waals surface area contributed by atoms with E-state index in [-0.39, 0.29) is 17.4 Å². The fourth-order valence-corrected chi connectivity index (χ4v) is 4.16. The Balaban J connectivity index is 1.76. The Morgan fingerprint density at radius 3 is 2.72 bits per heavy atom. The van der Waals surface area contributed by atoms with Crippen LogP contribution in [-0.2, 0) is 6.54 Å². The minimum absolute atomic E-state index is 0.0254. The summed E-state index contributed by atoms with van der Waals surface area (Å²) >= 11 is 0. The molecule has 3 aliphatic rings. The second-order valence-corrected chi connectivity index (χ2v) is 6.19. The zero-order valence-corrected chi connectivity index (χ0v) is 10.4. The number of carbonyl (C=O) groups is 1. The van der Waals surface area contributed by atoms with Gasteiger partial charge in [-0.1, -0.05) is 18.2 Å². The average molecular weight is 243 g/mol. The molecule has 4 rings (SSSR count). The van der Waals surface area contributed by atoms with Crippen molar-refractivity contribution in [1.29, 1.82) is 0 Å². The molecule has 1 amide bonds. The van der Waals surface area contributed by atoms with Gasteiger partial charge in [-0.05, 0) is 31.7 Å². The van der Waals surface area contributed by atoms with Gasteiger partial charge >= 0.3 is 5.91 Å². The van der Waals surface area contributed by atoms with Crippen LogP contribution in [0, 0.1) is 10.6 Å². The minimum Gasteiger partial charge on any atom is -0.625 e. The van der Waals surface area contributed by atoms with Crippen LogP contribution in [0.1, 0.15) is 48.0 Å². The smallest absolute Gasteiger partial charge is 0.346 e. The van der Waals surface area contributed by atoms with Gasteiger partial charge in [0, 0.05) is 17.4 Å². The molecule has 1 spiro atoms. The average Bonchev–Trinajstić information content (AvgIpc) is 2.91. The van der Waals surface area contributed by atoms with Crippen molar-refractivity contribution in [3.05, 3.63) is 40.6 Å². The van der Waals surface area contributed by atoms with Crippen molar-refractivity contribution in [2.24, 2.45) is 5.41 Å². The van der Waals surface area contributed by atoms with Gasteiger partial charge in [-0.15, -0.1) is 0 Å². The van der Waals surface area contributed by atoms with Crippen molar-refractivity contribution >= 4 is 5.91 Å². The monoisotopic (exact) mass is 243 g/mol. The van der Waals surface area contributed by atoms with Crippen LogP contribution in [0.2, 0.25) is 0 Å². The Morgan fingerprint density at radius 2 is 2.00 bits per heavy atom. The number of quaternary nitrogens is 1. The highest BCUT2D eigenvalue weighted by Gasteiger charge is 2.61. The number of hydroxylamine groups is 3. The summed E-state index contributed by atoms with van der Waals surface area (Å²) in [6.45, 7) is 0.363. The molecule has 2 saturated carbocycles. The van der Waals surface area contributed by atoms with Crippen molar-refractivity contribution in [3.63, 3.8) is 0 Å². The molecule has 0 saturated heterocycles. The first-order valence-electron chi connectivity index (χ1n) is 6.87. The third-order valence-corrected chi connectivity index (χ3v) is 5.25. The van der Waals surface area contributed by atoms with E-state index in [4.69, 9.17) is 0 Å². The number of fused-ring (bicyclic) bond motifs is 1. The number of carbonyl (C=O) groups excluding carboxylic acids is 1. The minimum atomic E-state index is -0.598. The van der Waals surface area contributed by atoms with Gasteiger partial charge in [0.15, 0.2) is 0 Å². The topological polar surface area (TPSA) is 40.1 Å². The van der Waals surface area contributed by atoms with E-state index in [0.717, 1.165) is 37.7 Å². The predicted molar refractivity (Wildman–Crippen MR) is 67.4 cm³/mol. The molecule has 2 fully saturated rings. The van der Waals surface area contributed by atoms with Crippen molar-refractivity contribution in [2.45, 2.75) is 44.7 Å². The summed E-state index contributed by atoms with van der Waals surface area (Å²) in [4.78, 5) is 12.5. The number of benzene rings is 1. The third kappa shape index (κ3) is 1.19. The highest BCUT2D eigenvalue weighted by molar-refractivity contribution is 5.93. The Morgan fingerprint density at radius 1 is 1.22 bits per heavy atom. The van der Waals surface area contributed by atoms with E-state index in [1.807, 2.05) is 24.3 Å². The predicted octanol–water partition coefficient (Wildman–Crippen LogP) is 2.99. The van der Waals surface area contributed by atoms with Gasteiger partial charge in [0.2, 0.25) is 0 Å². The highest BCUT2D eigenvalue weighted by Crippen LogP contribution is 2.61. The molecule has 2 atom stereocenters. The van der Waals surface area contributed by atoms with Crippen LogP contribution >= 0.6 is 0 Å².